The Morgan fingerprint density at radius 3 is 2.48 bits per heavy atom. The molecule has 1 aliphatic heterocycles. The number of hydrogen-bond donors (Lipinski definition) is 1. The largest absolute Gasteiger partial charge is 0.545 e. The number of carbonyl (C=O) groups is 4. The summed E-state index contributed by atoms with van der Waals surface area (Å²) in [7, 11) is 0. The maximum atomic E-state index is 13.0. The molecule has 2 heterocycles. The number of carboxylic acids is 1. The Kier molecular flexibility index (Phi) is 5.77. The second-order valence-corrected chi connectivity index (χ2v) is 6.92. The number of rotatable bonds is 6. The van der Waals surface area contributed by atoms with Gasteiger partial charge in [0, 0.05) is 11.1 Å². The Labute approximate surface area is 187 Å². The Hall–Kier alpha value is -4.66. The summed E-state index contributed by atoms with van der Waals surface area (Å²) >= 11 is 0. The molecule has 0 unspecified atom stereocenters. The zero-order valence-corrected chi connectivity index (χ0v) is 17.4. The Bertz CT molecular complexity index is 1290. The number of nitrogens with zero attached hydrogens (tertiary/aromatic N) is 1. The quantitative estimate of drug-likeness (QED) is 0.455. The minimum atomic E-state index is -1.37. The van der Waals surface area contributed by atoms with Gasteiger partial charge in [0.2, 0.25) is 0 Å². The van der Waals surface area contributed by atoms with Gasteiger partial charge in [-0.05, 0) is 49.4 Å². The first-order valence-electron chi connectivity index (χ1n) is 9.94. The predicted molar refractivity (Wildman–Crippen MR) is 115 cm³/mol. The molecular formula is C24H17N2O7-. The first-order chi connectivity index (χ1) is 15.9. The third-order valence-electron chi connectivity index (χ3n) is 4.83. The van der Waals surface area contributed by atoms with Gasteiger partial charge in [-0.1, -0.05) is 24.3 Å². The highest BCUT2D eigenvalue weighted by Gasteiger charge is 2.37. The average molecular weight is 445 g/mol. The maximum Gasteiger partial charge on any atom is 0.335 e. The maximum absolute atomic E-state index is 13.0. The van der Waals surface area contributed by atoms with Crippen molar-refractivity contribution in [2.45, 2.75) is 6.92 Å². The molecule has 0 aliphatic carbocycles. The van der Waals surface area contributed by atoms with Crippen LogP contribution in [0.15, 0.2) is 70.7 Å². The van der Waals surface area contributed by atoms with Gasteiger partial charge in [-0.2, -0.15) is 0 Å². The number of amides is 4. The van der Waals surface area contributed by atoms with E-state index in [1.165, 1.54) is 36.4 Å². The van der Waals surface area contributed by atoms with Crippen molar-refractivity contribution in [3.05, 3.63) is 77.6 Å². The summed E-state index contributed by atoms with van der Waals surface area (Å²) < 4.78 is 11.0. The van der Waals surface area contributed by atoms with Gasteiger partial charge in [0.05, 0.1) is 18.3 Å². The van der Waals surface area contributed by atoms with Crippen LogP contribution >= 0.6 is 0 Å². The summed E-state index contributed by atoms with van der Waals surface area (Å²) in [5, 5.41) is 13.5. The van der Waals surface area contributed by atoms with Crippen LogP contribution < -0.4 is 20.1 Å². The van der Waals surface area contributed by atoms with Crippen LogP contribution in [0, 0.1) is 0 Å². The molecule has 9 heteroatoms. The molecule has 1 fully saturated rings. The highest BCUT2D eigenvalue weighted by atomic mass is 16.5. The van der Waals surface area contributed by atoms with Gasteiger partial charge in [0.1, 0.15) is 22.8 Å². The Balaban J connectivity index is 1.65. The van der Waals surface area contributed by atoms with Crippen LogP contribution in [0.4, 0.5) is 10.5 Å². The number of carboxylic acid groups (broad SMARTS) is 1. The van der Waals surface area contributed by atoms with Gasteiger partial charge in [-0.3, -0.25) is 14.9 Å². The lowest BCUT2D eigenvalue weighted by Gasteiger charge is -2.26. The molecule has 33 heavy (non-hydrogen) atoms. The summed E-state index contributed by atoms with van der Waals surface area (Å²) in [6.45, 7) is 2.29. The number of ether oxygens (including phenoxy) is 1. The number of barbiturate groups is 1. The van der Waals surface area contributed by atoms with Crippen LogP contribution in [0.5, 0.6) is 5.75 Å². The second-order valence-electron chi connectivity index (χ2n) is 6.92. The van der Waals surface area contributed by atoms with Crippen molar-refractivity contribution < 1.29 is 33.4 Å². The molecular weight excluding hydrogens is 428 g/mol. The third kappa shape index (κ3) is 4.24. The highest BCUT2D eigenvalue weighted by molar-refractivity contribution is 6.39. The van der Waals surface area contributed by atoms with Gasteiger partial charge in [-0.15, -0.1) is 0 Å². The zero-order valence-electron chi connectivity index (χ0n) is 17.4. The van der Waals surface area contributed by atoms with Crippen molar-refractivity contribution in [1.29, 1.82) is 0 Å². The SMILES string of the molecule is CCOc1ccc(N2C(=O)NC(=O)/C(=C\c3ccc(-c4ccccc4C(=O)[O-])o3)C2=O)cc1. The number of carbonyl (C=O) groups excluding carboxylic acids is 4. The molecule has 4 rings (SSSR count). The fourth-order valence-electron chi connectivity index (χ4n) is 3.34. The van der Waals surface area contributed by atoms with Gasteiger partial charge in [0.25, 0.3) is 11.8 Å². The van der Waals surface area contributed by atoms with E-state index >= 15 is 0 Å². The topological polar surface area (TPSA) is 129 Å². The van der Waals surface area contributed by atoms with E-state index in [-0.39, 0.29) is 33.9 Å². The standard InChI is InChI=1S/C24H18N2O7/c1-2-32-15-9-7-14(8-10-15)26-22(28)19(21(27)25-24(26)31)13-16-11-12-20(33-16)17-5-3-4-6-18(17)23(29)30/h3-13H,2H2,1H3,(H,29,30)(H,25,27,31)/p-1/b19-13+. The van der Waals surface area contributed by atoms with Crippen molar-refractivity contribution in [3.63, 3.8) is 0 Å². The fraction of sp³-hybridized carbons (Fsp3) is 0.0833. The summed E-state index contributed by atoms with van der Waals surface area (Å²) in [4.78, 5) is 49.9. The van der Waals surface area contributed by atoms with E-state index < -0.39 is 23.8 Å². The normalized spacial score (nSPS) is 15.0. The number of hydrogen-bond acceptors (Lipinski definition) is 7. The number of urea groups is 1. The molecule has 0 atom stereocenters. The van der Waals surface area contributed by atoms with Gasteiger partial charge < -0.3 is 19.1 Å². The minimum Gasteiger partial charge on any atom is -0.545 e. The molecule has 1 N–H and O–H groups in total. The number of benzene rings is 2. The number of furan rings is 1. The van der Waals surface area contributed by atoms with E-state index in [1.807, 2.05) is 6.92 Å². The van der Waals surface area contributed by atoms with E-state index in [1.54, 1.807) is 30.3 Å². The van der Waals surface area contributed by atoms with Crippen LogP contribution in [-0.2, 0) is 9.59 Å². The summed E-state index contributed by atoms with van der Waals surface area (Å²) in [6.07, 6.45) is 1.19. The predicted octanol–water partition coefficient (Wildman–Crippen LogP) is 2.38. The van der Waals surface area contributed by atoms with Crippen LogP contribution in [0.1, 0.15) is 23.0 Å². The molecule has 0 spiro atoms. The second kappa shape index (κ2) is 8.83. The molecule has 166 valence electrons. The molecule has 1 saturated heterocycles. The van der Waals surface area contributed by atoms with E-state index in [0.29, 0.717) is 12.4 Å². The first-order valence-corrected chi connectivity index (χ1v) is 9.94. The highest BCUT2D eigenvalue weighted by Crippen LogP contribution is 2.28. The number of anilines is 1. The molecule has 3 aromatic rings. The molecule has 1 aliphatic rings. The van der Waals surface area contributed by atoms with Crippen molar-refractivity contribution in [3.8, 4) is 17.1 Å². The monoisotopic (exact) mass is 445 g/mol. The lowest BCUT2D eigenvalue weighted by atomic mass is 10.1. The molecule has 4 amide bonds. The van der Waals surface area contributed by atoms with E-state index in [9.17, 15) is 24.3 Å². The molecule has 1 aromatic heterocycles. The van der Waals surface area contributed by atoms with Gasteiger partial charge >= 0.3 is 6.03 Å². The van der Waals surface area contributed by atoms with Crippen molar-refractivity contribution >= 4 is 35.6 Å². The molecule has 9 nitrogen and oxygen atoms in total. The van der Waals surface area contributed by atoms with Crippen LogP contribution in [-0.4, -0.2) is 30.4 Å². The van der Waals surface area contributed by atoms with Crippen molar-refractivity contribution in [2.24, 2.45) is 0 Å². The molecule has 0 bridgehead atoms. The average Bonchev–Trinajstić information content (AvgIpc) is 3.26. The summed E-state index contributed by atoms with van der Waals surface area (Å²) in [5.41, 5.74) is 0.150. The third-order valence-corrected chi connectivity index (χ3v) is 4.83. The van der Waals surface area contributed by atoms with Crippen molar-refractivity contribution in [1.82, 2.24) is 5.32 Å². The lowest BCUT2D eigenvalue weighted by Crippen LogP contribution is -2.54. The smallest absolute Gasteiger partial charge is 0.335 e. The van der Waals surface area contributed by atoms with E-state index in [0.717, 1.165) is 4.90 Å². The van der Waals surface area contributed by atoms with E-state index in [4.69, 9.17) is 9.15 Å². The molecule has 2 aromatic carbocycles. The number of imide groups is 2. The molecule has 0 radical (unpaired) electrons. The van der Waals surface area contributed by atoms with Crippen LogP contribution in [0.25, 0.3) is 17.4 Å². The molecule has 0 saturated carbocycles. The summed E-state index contributed by atoms with van der Waals surface area (Å²) in [6, 6.07) is 14.5. The Morgan fingerprint density at radius 1 is 1.06 bits per heavy atom. The lowest BCUT2D eigenvalue weighted by molar-refractivity contribution is -0.255. The Morgan fingerprint density at radius 2 is 1.79 bits per heavy atom. The van der Waals surface area contributed by atoms with E-state index in [2.05, 4.69) is 5.32 Å². The fourth-order valence-corrected chi connectivity index (χ4v) is 3.34. The number of nitrogens with one attached hydrogen (secondary N) is 1. The summed E-state index contributed by atoms with van der Waals surface area (Å²) in [5.74, 6) is -2.17. The van der Waals surface area contributed by atoms with Crippen molar-refractivity contribution in [2.75, 3.05) is 11.5 Å². The first kappa shape index (κ1) is 21.6. The van der Waals surface area contributed by atoms with Crippen LogP contribution in [0.3, 0.4) is 0 Å². The number of aromatic carboxylic acids is 1. The van der Waals surface area contributed by atoms with Gasteiger partial charge in [-0.25, -0.2) is 9.69 Å². The van der Waals surface area contributed by atoms with Crippen LogP contribution in [0.2, 0.25) is 0 Å². The minimum absolute atomic E-state index is 0.0650. The van der Waals surface area contributed by atoms with Gasteiger partial charge in [0.15, 0.2) is 0 Å². The zero-order chi connectivity index (χ0) is 23.5.